The van der Waals surface area contributed by atoms with E-state index in [2.05, 4.69) is 4.98 Å². The smallest absolute Gasteiger partial charge is 0.254 e. The van der Waals surface area contributed by atoms with Gasteiger partial charge in [-0.2, -0.15) is 0 Å². The van der Waals surface area contributed by atoms with Gasteiger partial charge in [0.05, 0.1) is 17.1 Å². The first kappa shape index (κ1) is 17.5. The van der Waals surface area contributed by atoms with Crippen molar-refractivity contribution in [1.82, 2.24) is 14.8 Å². The molecule has 8 nitrogen and oxygen atoms in total. The lowest BCUT2D eigenvalue weighted by Crippen LogP contribution is -2.44. The highest BCUT2D eigenvalue weighted by atomic mass is 32.2. The number of hydrogen-bond donors (Lipinski definition) is 2. The molecule has 1 saturated heterocycles. The molecular formula is C14H21N3O5S. The number of hydrogen-bond acceptors (Lipinski definition) is 6. The number of nitrogens with one attached hydrogen (secondary N) is 1. The number of likely N-dealkylation sites (N-methyl/N-ethyl adjacent to an activating group) is 1. The summed E-state index contributed by atoms with van der Waals surface area (Å²) in [7, 11) is 0.573. The summed E-state index contributed by atoms with van der Waals surface area (Å²) < 4.78 is 23.4. The van der Waals surface area contributed by atoms with Crippen molar-refractivity contribution in [3.05, 3.63) is 28.0 Å². The molecule has 2 rings (SSSR count). The van der Waals surface area contributed by atoms with Crippen LogP contribution in [-0.2, 0) is 9.84 Å². The Morgan fingerprint density at radius 2 is 2.04 bits per heavy atom. The Morgan fingerprint density at radius 3 is 2.57 bits per heavy atom. The summed E-state index contributed by atoms with van der Waals surface area (Å²) in [4.78, 5) is 29.7. The molecule has 0 bridgehead atoms. The van der Waals surface area contributed by atoms with E-state index in [4.69, 9.17) is 0 Å². The van der Waals surface area contributed by atoms with E-state index in [0.29, 0.717) is 19.5 Å². The minimum Gasteiger partial charge on any atom is -0.494 e. The molecule has 23 heavy (non-hydrogen) atoms. The highest BCUT2D eigenvalue weighted by molar-refractivity contribution is 7.91. The fourth-order valence-electron chi connectivity index (χ4n) is 2.60. The second-order valence-corrected chi connectivity index (χ2v) is 8.21. The van der Waals surface area contributed by atoms with Crippen LogP contribution in [0.2, 0.25) is 0 Å². The van der Waals surface area contributed by atoms with Gasteiger partial charge in [0, 0.05) is 31.3 Å². The summed E-state index contributed by atoms with van der Waals surface area (Å²) in [6, 6.07) is 1.87. The summed E-state index contributed by atoms with van der Waals surface area (Å²) in [5.74, 6) is -0.853. The van der Waals surface area contributed by atoms with Crippen molar-refractivity contribution in [2.45, 2.75) is 12.5 Å². The summed E-state index contributed by atoms with van der Waals surface area (Å²) >= 11 is 0. The molecule has 1 aliphatic heterocycles. The third-order valence-electron chi connectivity index (χ3n) is 3.78. The monoisotopic (exact) mass is 343 g/mol. The van der Waals surface area contributed by atoms with Gasteiger partial charge in [-0.15, -0.1) is 0 Å². The lowest BCUT2D eigenvalue weighted by molar-refractivity contribution is 0.0683. The van der Waals surface area contributed by atoms with Gasteiger partial charge in [0.25, 0.3) is 11.5 Å². The number of sulfone groups is 1. The third-order valence-corrected chi connectivity index (χ3v) is 5.53. The Hall–Kier alpha value is -1.87. The molecule has 0 aromatic carbocycles. The van der Waals surface area contributed by atoms with Crippen molar-refractivity contribution in [2.24, 2.45) is 0 Å². The standard InChI is InChI=1S/C14H21N3O5S/c1-16(2)4-5-17(11-3-6-23(21,22)9-11)14(20)10-7-12(18)15-13(19)8-10/h7-8,11H,3-6,9H2,1-2H3,(H2,15,18,19). The third kappa shape index (κ3) is 4.55. The fraction of sp³-hybridized carbons (Fsp3) is 0.571. The Bertz CT molecular complexity index is 741. The molecule has 2 N–H and O–H groups in total. The number of pyridine rings is 1. The average molecular weight is 343 g/mol. The van der Waals surface area contributed by atoms with Gasteiger partial charge in [-0.1, -0.05) is 0 Å². The fourth-order valence-corrected chi connectivity index (χ4v) is 4.33. The molecule has 0 aliphatic carbocycles. The number of aromatic hydroxyl groups is 1. The zero-order valence-corrected chi connectivity index (χ0v) is 14.0. The quantitative estimate of drug-likeness (QED) is 0.729. The van der Waals surface area contributed by atoms with Crippen molar-refractivity contribution in [1.29, 1.82) is 0 Å². The van der Waals surface area contributed by atoms with Crippen LogP contribution in [0.5, 0.6) is 5.88 Å². The van der Waals surface area contributed by atoms with Gasteiger partial charge >= 0.3 is 0 Å². The van der Waals surface area contributed by atoms with Crippen LogP contribution in [0.25, 0.3) is 0 Å². The van der Waals surface area contributed by atoms with Crippen LogP contribution in [0.3, 0.4) is 0 Å². The van der Waals surface area contributed by atoms with Crippen LogP contribution >= 0.6 is 0 Å². The zero-order chi connectivity index (χ0) is 17.2. The summed E-state index contributed by atoms with van der Waals surface area (Å²) in [6.07, 6.45) is 0.386. The van der Waals surface area contributed by atoms with Crippen molar-refractivity contribution in [3.63, 3.8) is 0 Å². The van der Waals surface area contributed by atoms with E-state index < -0.39 is 33.2 Å². The maximum absolute atomic E-state index is 12.7. The maximum Gasteiger partial charge on any atom is 0.254 e. The van der Waals surface area contributed by atoms with E-state index in [1.54, 1.807) is 0 Å². The van der Waals surface area contributed by atoms with E-state index in [0.717, 1.165) is 6.07 Å². The van der Waals surface area contributed by atoms with Crippen LogP contribution in [0.15, 0.2) is 16.9 Å². The van der Waals surface area contributed by atoms with E-state index >= 15 is 0 Å². The molecule has 1 amide bonds. The number of aromatic nitrogens is 1. The molecule has 1 aromatic rings. The largest absolute Gasteiger partial charge is 0.494 e. The lowest BCUT2D eigenvalue weighted by Gasteiger charge is -2.29. The molecule has 0 radical (unpaired) electrons. The van der Waals surface area contributed by atoms with Crippen molar-refractivity contribution in [2.75, 3.05) is 38.7 Å². The summed E-state index contributed by atoms with van der Waals surface area (Å²) in [5.41, 5.74) is -0.533. The van der Waals surface area contributed by atoms with Crippen molar-refractivity contribution in [3.8, 4) is 5.88 Å². The van der Waals surface area contributed by atoms with Gasteiger partial charge in [0.1, 0.15) is 0 Å². The molecule has 1 atom stereocenters. The first-order valence-electron chi connectivity index (χ1n) is 7.27. The van der Waals surface area contributed by atoms with E-state index in [-0.39, 0.29) is 17.1 Å². The van der Waals surface area contributed by atoms with Crippen LogP contribution in [0, 0.1) is 0 Å². The number of nitrogens with zero attached hydrogens (tertiary/aromatic N) is 2. The molecule has 1 unspecified atom stereocenters. The predicted octanol–water partition coefficient (Wildman–Crippen LogP) is -0.729. The van der Waals surface area contributed by atoms with Gasteiger partial charge in [-0.05, 0) is 20.5 Å². The number of rotatable bonds is 5. The van der Waals surface area contributed by atoms with Crippen LogP contribution in [-0.4, -0.2) is 78.9 Å². The normalized spacial score (nSPS) is 19.9. The number of carbonyl (C=O) groups excluding carboxylic acids is 1. The Morgan fingerprint density at radius 1 is 1.35 bits per heavy atom. The van der Waals surface area contributed by atoms with Crippen molar-refractivity contribution < 1.29 is 18.3 Å². The number of H-pyrrole nitrogens is 1. The van der Waals surface area contributed by atoms with Crippen LogP contribution in [0.1, 0.15) is 16.8 Å². The average Bonchev–Trinajstić information content (AvgIpc) is 2.77. The van der Waals surface area contributed by atoms with Gasteiger partial charge in [-0.3, -0.25) is 14.6 Å². The molecule has 9 heteroatoms. The summed E-state index contributed by atoms with van der Waals surface area (Å²) in [6.45, 7) is 0.914. The lowest BCUT2D eigenvalue weighted by atomic mass is 10.1. The minimum absolute atomic E-state index is 0.0503. The minimum atomic E-state index is -3.14. The molecule has 1 aliphatic rings. The van der Waals surface area contributed by atoms with E-state index in [1.165, 1.54) is 11.0 Å². The SMILES string of the molecule is CN(C)CCN(C(=O)c1cc(O)[nH]c(=O)c1)C1CCS(=O)(=O)C1. The van der Waals surface area contributed by atoms with Crippen LogP contribution in [0.4, 0.5) is 0 Å². The van der Waals surface area contributed by atoms with Gasteiger partial charge < -0.3 is 14.9 Å². The maximum atomic E-state index is 12.7. The molecule has 0 spiro atoms. The first-order valence-corrected chi connectivity index (χ1v) is 9.09. The Balaban J connectivity index is 2.28. The highest BCUT2D eigenvalue weighted by Gasteiger charge is 2.35. The predicted molar refractivity (Wildman–Crippen MR) is 85.4 cm³/mol. The number of amides is 1. The Kier molecular flexibility index (Phi) is 5.10. The Labute approximate surface area is 134 Å². The molecule has 1 aromatic heterocycles. The number of carbonyl (C=O) groups is 1. The van der Waals surface area contributed by atoms with E-state index in [1.807, 2.05) is 19.0 Å². The molecule has 128 valence electrons. The molecule has 1 fully saturated rings. The topological polar surface area (TPSA) is 111 Å². The zero-order valence-electron chi connectivity index (χ0n) is 13.2. The highest BCUT2D eigenvalue weighted by Crippen LogP contribution is 2.20. The molecule has 0 saturated carbocycles. The summed E-state index contributed by atoms with van der Waals surface area (Å²) in [5, 5.41) is 9.46. The second kappa shape index (κ2) is 6.71. The van der Waals surface area contributed by atoms with Gasteiger partial charge in [0.15, 0.2) is 15.7 Å². The van der Waals surface area contributed by atoms with Gasteiger partial charge in [-0.25, -0.2) is 8.42 Å². The van der Waals surface area contributed by atoms with Crippen LogP contribution < -0.4 is 5.56 Å². The van der Waals surface area contributed by atoms with E-state index in [9.17, 15) is 23.1 Å². The molecule has 2 heterocycles. The van der Waals surface area contributed by atoms with Crippen molar-refractivity contribution >= 4 is 15.7 Å². The number of aromatic amines is 1. The van der Waals surface area contributed by atoms with Gasteiger partial charge in [0.2, 0.25) is 0 Å². The molecular weight excluding hydrogens is 322 g/mol. The first-order chi connectivity index (χ1) is 10.7. The second-order valence-electron chi connectivity index (χ2n) is 5.98.